The van der Waals surface area contributed by atoms with Gasteiger partial charge in [-0.2, -0.15) is 13.2 Å². The molecule has 0 bridgehead atoms. The van der Waals surface area contributed by atoms with Crippen LogP contribution in [0.25, 0.3) is 0 Å². The van der Waals surface area contributed by atoms with Crippen molar-refractivity contribution in [3.63, 3.8) is 0 Å². The quantitative estimate of drug-likeness (QED) is 0.873. The lowest BCUT2D eigenvalue weighted by atomic mass is 10.1. The van der Waals surface area contributed by atoms with Gasteiger partial charge in [0.05, 0.1) is 17.2 Å². The number of hydrogen-bond donors (Lipinski definition) is 2. The number of benzene rings is 2. The lowest BCUT2D eigenvalue weighted by Gasteiger charge is -2.13. The Morgan fingerprint density at radius 1 is 1.19 bits per heavy atom. The molecule has 0 spiro atoms. The molecule has 0 aliphatic carbocycles. The number of carbonyl (C=O) groups excluding carboxylic acids is 2. The van der Waals surface area contributed by atoms with Crippen LogP contribution in [0.3, 0.4) is 0 Å². The van der Waals surface area contributed by atoms with Crippen LogP contribution in [0.4, 0.5) is 24.5 Å². The molecule has 136 valence electrons. The topological polar surface area (TPSA) is 67.4 Å². The van der Waals surface area contributed by atoms with Gasteiger partial charge in [-0.3, -0.25) is 9.59 Å². The molecule has 1 aliphatic rings. The summed E-state index contributed by atoms with van der Waals surface area (Å²) in [6.45, 7) is -0.00113. The van der Waals surface area contributed by atoms with Crippen molar-refractivity contribution in [3.8, 4) is 5.75 Å². The predicted molar refractivity (Wildman–Crippen MR) is 88.7 cm³/mol. The summed E-state index contributed by atoms with van der Waals surface area (Å²) in [6, 6.07) is 11.2. The highest BCUT2D eigenvalue weighted by atomic mass is 19.4. The molecule has 26 heavy (non-hydrogen) atoms. The number of anilines is 2. The van der Waals surface area contributed by atoms with E-state index in [9.17, 15) is 22.8 Å². The zero-order valence-corrected chi connectivity index (χ0v) is 13.5. The maximum absolute atomic E-state index is 12.7. The van der Waals surface area contributed by atoms with E-state index >= 15 is 0 Å². The highest BCUT2D eigenvalue weighted by molar-refractivity contribution is 5.99. The van der Waals surface area contributed by atoms with Gasteiger partial charge in [0.1, 0.15) is 12.4 Å². The van der Waals surface area contributed by atoms with E-state index in [0.717, 1.165) is 12.1 Å². The van der Waals surface area contributed by atoms with E-state index in [2.05, 4.69) is 10.6 Å². The number of hydrogen-bond acceptors (Lipinski definition) is 3. The van der Waals surface area contributed by atoms with Gasteiger partial charge in [0.2, 0.25) is 11.8 Å². The Bertz CT molecular complexity index is 836. The second-order valence-electron chi connectivity index (χ2n) is 5.82. The number of alkyl halides is 3. The first-order valence-corrected chi connectivity index (χ1v) is 7.83. The van der Waals surface area contributed by atoms with Gasteiger partial charge in [-0.1, -0.05) is 18.2 Å². The van der Waals surface area contributed by atoms with E-state index in [0.29, 0.717) is 11.4 Å². The van der Waals surface area contributed by atoms with E-state index in [1.807, 2.05) is 0 Å². The Morgan fingerprint density at radius 2 is 1.96 bits per heavy atom. The van der Waals surface area contributed by atoms with Crippen LogP contribution in [-0.4, -0.2) is 18.4 Å². The van der Waals surface area contributed by atoms with Crippen molar-refractivity contribution in [2.45, 2.75) is 12.6 Å². The third kappa shape index (κ3) is 4.14. The summed E-state index contributed by atoms with van der Waals surface area (Å²) in [7, 11) is 0. The lowest BCUT2D eigenvalue weighted by Crippen LogP contribution is -2.29. The summed E-state index contributed by atoms with van der Waals surface area (Å²) in [6.07, 6.45) is -4.71. The van der Waals surface area contributed by atoms with Crippen LogP contribution in [0.5, 0.6) is 5.75 Å². The summed E-state index contributed by atoms with van der Waals surface area (Å²) >= 11 is 0. The van der Waals surface area contributed by atoms with Gasteiger partial charge >= 0.3 is 6.18 Å². The summed E-state index contributed by atoms with van der Waals surface area (Å²) in [5, 5.41) is 5.07. The predicted octanol–water partition coefficient (Wildman–Crippen LogP) is 3.68. The average Bonchev–Trinajstić information content (AvgIpc) is 2.73. The van der Waals surface area contributed by atoms with Crippen molar-refractivity contribution in [1.82, 2.24) is 0 Å². The number of rotatable bonds is 3. The summed E-state index contributed by atoms with van der Waals surface area (Å²) in [5.41, 5.74) is -0.331. The van der Waals surface area contributed by atoms with Gasteiger partial charge in [0, 0.05) is 12.1 Å². The summed E-state index contributed by atoms with van der Waals surface area (Å²) in [4.78, 5) is 24.4. The molecule has 3 rings (SSSR count). The van der Waals surface area contributed by atoms with Crippen LogP contribution in [0.15, 0.2) is 48.5 Å². The molecule has 2 N–H and O–H groups in total. The van der Waals surface area contributed by atoms with Gasteiger partial charge in [-0.25, -0.2) is 0 Å². The Labute approximate surface area is 147 Å². The first-order valence-electron chi connectivity index (χ1n) is 7.83. The van der Waals surface area contributed by atoms with Crippen molar-refractivity contribution in [3.05, 3.63) is 54.1 Å². The molecule has 2 aromatic rings. The molecule has 0 unspecified atom stereocenters. The molecule has 1 heterocycles. The van der Waals surface area contributed by atoms with Crippen molar-refractivity contribution in [2.75, 3.05) is 17.2 Å². The molecule has 2 aromatic carbocycles. The second-order valence-corrected chi connectivity index (χ2v) is 5.82. The first-order chi connectivity index (χ1) is 12.3. The maximum Gasteiger partial charge on any atom is 0.416 e. The first kappa shape index (κ1) is 17.8. The molecule has 0 aromatic heterocycles. The zero-order chi connectivity index (χ0) is 18.7. The molecule has 5 nitrogen and oxygen atoms in total. The van der Waals surface area contributed by atoms with Crippen molar-refractivity contribution in [2.24, 2.45) is 5.92 Å². The lowest BCUT2D eigenvalue weighted by molar-refractivity contribution is -0.137. The van der Waals surface area contributed by atoms with Crippen molar-refractivity contribution < 1.29 is 27.5 Å². The Kier molecular flexibility index (Phi) is 4.83. The maximum atomic E-state index is 12.7. The number of halogens is 3. The molecule has 2 amide bonds. The van der Waals surface area contributed by atoms with E-state index in [4.69, 9.17) is 4.74 Å². The van der Waals surface area contributed by atoms with Crippen LogP contribution in [-0.2, 0) is 15.8 Å². The van der Waals surface area contributed by atoms with Crippen LogP contribution in [0.1, 0.15) is 12.0 Å². The van der Waals surface area contributed by atoms with Crippen molar-refractivity contribution in [1.29, 1.82) is 0 Å². The molecule has 0 saturated carbocycles. The second kappa shape index (κ2) is 7.07. The molecule has 0 radical (unpaired) electrons. The number of fused-ring (bicyclic) bond motifs is 1. The minimum absolute atomic E-state index is 0.00113. The normalized spacial score (nSPS) is 16.7. The fourth-order valence-electron chi connectivity index (χ4n) is 2.56. The van der Waals surface area contributed by atoms with Crippen LogP contribution < -0.4 is 15.4 Å². The Morgan fingerprint density at radius 3 is 2.73 bits per heavy atom. The molecular weight excluding hydrogens is 349 g/mol. The van der Waals surface area contributed by atoms with Gasteiger partial charge in [-0.15, -0.1) is 0 Å². The molecule has 1 aliphatic heterocycles. The van der Waals surface area contributed by atoms with Gasteiger partial charge in [-0.05, 0) is 30.3 Å². The van der Waals surface area contributed by atoms with E-state index < -0.39 is 23.6 Å². The van der Waals surface area contributed by atoms with Crippen LogP contribution in [0, 0.1) is 5.92 Å². The number of nitrogens with one attached hydrogen (secondary N) is 2. The van der Waals surface area contributed by atoms with E-state index in [1.165, 1.54) is 12.1 Å². The van der Waals surface area contributed by atoms with Crippen LogP contribution >= 0.6 is 0 Å². The molecule has 1 atom stereocenters. The molecule has 0 fully saturated rings. The summed E-state index contributed by atoms with van der Waals surface area (Å²) < 4.78 is 43.7. The van der Waals surface area contributed by atoms with Crippen LogP contribution in [0.2, 0.25) is 0 Å². The summed E-state index contributed by atoms with van der Waals surface area (Å²) in [5.74, 6) is -1.21. The van der Waals surface area contributed by atoms with Gasteiger partial charge in [0.25, 0.3) is 0 Å². The fourth-order valence-corrected chi connectivity index (χ4v) is 2.56. The SMILES string of the molecule is O=C(C[C@H]1COc2ccccc2NC1=O)Nc1cccc(C(F)(F)F)c1. The number of para-hydroxylation sites is 2. The van der Waals surface area contributed by atoms with E-state index in [1.54, 1.807) is 24.3 Å². The van der Waals surface area contributed by atoms with Gasteiger partial charge < -0.3 is 15.4 Å². The fraction of sp³-hybridized carbons (Fsp3) is 0.222. The zero-order valence-electron chi connectivity index (χ0n) is 13.5. The van der Waals surface area contributed by atoms with Crippen molar-refractivity contribution >= 4 is 23.2 Å². The molecule has 8 heteroatoms. The highest BCUT2D eigenvalue weighted by Crippen LogP contribution is 2.31. The minimum Gasteiger partial charge on any atom is -0.491 e. The van der Waals surface area contributed by atoms with Gasteiger partial charge in [0.15, 0.2) is 0 Å². The Balaban J connectivity index is 1.65. The standard InChI is InChI=1S/C18H15F3N2O3/c19-18(20,21)12-4-3-5-13(9-12)22-16(24)8-11-10-26-15-7-2-1-6-14(15)23-17(11)25/h1-7,9,11H,8,10H2,(H,22,24)(H,23,25)/t11-/m0/s1. The monoisotopic (exact) mass is 364 g/mol. The third-order valence-corrected chi connectivity index (χ3v) is 3.86. The minimum atomic E-state index is -4.50. The number of ether oxygens (including phenoxy) is 1. The number of amides is 2. The molecule has 0 saturated heterocycles. The van der Waals surface area contributed by atoms with E-state index in [-0.39, 0.29) is 24.6 Å². The third-order valence-electron chi connectivity index (χ3n) is 3.86. The molecular formula is C18H15F3N2O3. The average molecular weight is 364 g/mol. The Hall–Kier alpha value is -3.03. The smallest absolute Gasteiger partial charge is 0.416 e. The largest absolute Gasteiger partial charge is 0.491 e. The highest BCUT2D eigenvalue weighted by Gasteiger charge is 2.31. The number of carbonyl (C=O) groups is 2.